The number of aromatic nitrogens is 1. The first-order valence-electron chi connectivity index (χ1n) is 11.7. The van der Waals surface area contributed by atoms with Gasteiger partial charge in [0.15, 0.2) is 16.7 Å². The number of benzene rings is 1. The molecule has 8 nitrogen and oxygen atoms in total. The number of thiazole rings is 1. The average molecular weight is 497 g/mol. The Labute approximate surface area is 207 Å². The number of carbonyl (C=O) groups excluding carboxylic acids is 3. The highest BCUT2D eigenvalue weighted by atomic mass is 32.1. The number of ether oxygens (including phenoxy) is 3. The van der Waals surface area contributed by atoms with Gasteiger partial charge in [-0.3, -0.25) is 14.5 Å². The first-order chi connectivity index (χ1) is 16.7. The second kappa shape index (κ2) is 8.78. The van der Waals surface area contributed by atoms with Crippen molar-refractivity contribution in [2.24, 2.45) is 17.8 Å². The number of methoxy groups -OCH3 is 2. The molecule has 1 aromatic heterocycles. The molecule has 5 unspecified atom stereocenters. The third-order valence-corrected chi connectivity index (χ3v) is 8.64. The van der Waals surface area contributed by atoms with E-state index < -0.39 is 17.9 Å². The summed E-state index contributed by atoms with van der Waals surface area (Å²) >= 11 is 1.07. The van der Waals surface area contributed by atoms with Crippen molar-refractivity contribution >= 4 is 34.1 Å². The zero-order valence-corrected chi connectivity index (χ0v) is 21.2. The van der Waals surface area contributed by atoms with E-state index in [1.807, 2.05) is 12.1 Å². The van der Waals surface area contributed by atoms with Gasteiger partial charge < -0.3 is 14.2 Å². The first-order valence-corrected chi connectivity index (χ1v) is 12.5. The van der Waals surface area contributed by atoms with Crippen LogP contribution in [-0.2, 0) is 19.1 Å². The first kappa shape index (κ1) is 23.5. The smallest absolute Gasteiger partial charge is 0.350 e. The highest BCUT2D eigenvalue weighted by molar-refractivity contribution is 7.17. The monoisotopic (exact) mass is 496 g/mol. The van der Waals surface area contributed by atoms with Gasteiger partial charge in [-0.25, -0.2) is 9.78 Å². The van der Waals surface area contributed by atoms with Gasteiger partial charge in [-0.1, -0.05) is 37.3 Å². The molecule has 1 amide bonds. The van der Waals surface area contributed by atoms with Crippen LogP contribution in [0.25, 0.3) is 0 Å². The molecule has 5 rings (SSSR count). The second-order valence-corrected chi connectivity index (χ2v) is 10.5. The summed E-state index contributed by atoms with van der Waals surface area (Å²) < 4.78 is 16.5. The molecule has 0 saturated heterocycles. The lowest BCUT2D eigenvalue weighted by molar-refractivity contribution is -0.134. The van der Waals surface area contributed by atoms with Crippen molar-refractivity contribution in [2.45, 2.75) is 45.8 Å². The Balaban J connectivity index is 1.63. The summed E-state index contributed by atoms with van der Waals surface area (Å²) in [6.07, 6.45) is 1.16. The van der Waals surface area contributed by atoms with Crippen LogP contribution in [0.2, 0.25) is 0 Å². The number of hydrogen-bond acceptors (Lipinski definition) is 8. The molecule has 184 valence electrons. The number of carbonyl (C=O) groups is 3. The van der Waals surface area contributed by atoms with Gasteiger partial charge in [-0.05, 0) is 49.3 Å². The highest BCUT2D eigenvalue weighted by Crippen LogP contribution is 2.50. The molecule has 0 bridgehead atoms. The number of nitrogens with zero attached hydrogens (tertiary/aromatic N) is 2. The molecule has 1 saturated carbocycles. The van der Waals surface area contributed by atoms with Gasteiger partial charge in [-0.15, -0.1) is 0 Å². The lowest BCUT2D eigenvalue weighted by Gasteiger charge is -2.40. The quantitative estimate of drug-likeness (QED) is 0.585. The molecule has 2 aromatic rings. The number of anilines is 1. The molecule has 1 aliphatic carbocycles. The van der Waals surface area contributed by atoms with Crippen molar-refractivity contribution in [1.82, 2.24) is 4.98 Å². The van der Waals surface area contributed by atoms with Crippen molar-refractivity contribution in [3.05, 3.63) is 51.7 Å². The lowest BCUT2D eigenvalue weighted by Crippen LogP contribution is -2.43. The summed E-state index contributed by atoms with van der Waals surface area (Å²) in [5.74, 6) is 0.319. The Hall–Kier alpha value is -3.20. The van der Waals surface area contributed by atoms with Gasteiger partial charge in [0.1, 0.15) is 16.7 Å². The van der Waals surface area contributed by atoms with Crippen LogP contribution in [0.4, 0.5) is 5.13 Å². The van der Waals surface area contributed by atoms with E-state index in [4.69, 9.17) is 14.2 Å². The number of esters is 1. The summed E-state index contributed by atoms with van der Waals surface area (Å²) in [5, 5.41) is 0.323. The summed E-state index contributed by atoms with van der Waals surface area (Å²) in [7, 11) is 2.89. The Morgan fingerprint density at radius 2 is 1.80 bits per heavy atom. The predicted octanol–water partition coefficient (Wildman–Crippen LogP) is 4.24. The molecule has 5 atom stereocenters. The lowest BCUT2D eigenvalue weighted by atomic mass is 9.70. The average Bonchev–Trinajstić information content (AvgIpc) is 3.37. The van der Waals surface area contributed by atoms with E-state index in [1.165, 1.54) is 12.0 Å². The molecule has 3 heterocycles. The van der Waals surface area contributed by atoms with E-state index in [0.717, 1.165) is 29.7 Å². The minimum absolute atomic E-state index is 0.0341. The molecular weight excluding hydrogens is 468 g/mol. The molecule has 1 fully saturated rings. The summed E-state index contributed by atoms with van der Waals surface area (Å²) in [5.41, 5.74) is 1.58. The topological polar surface area (TPSA) is 95.0 Å². The Morgan fingerprint density at radius 3 is 2.46 bits per heavy atom. The van der Waals surface area contributed by atoms with E-state index in [2.05, 4.69) is 18.8 Å². The minimum Gasteiger partial charge on any atom is -0.497 e. The van der Waals surface area contributed by atoms with E-state index in [9.17, 15) is 14.4 Å². The van der Waals surface area contributed by atoms with Gasteiger partial charge in [0, 0.05) is 0 Å². The zero-order valence-electron chi connectivity index (χ0n) is 20.4. The molecular formula is C26H28N2O6S. The molecule has 0 radical (unpaired) electrons. The van der Waals surface area contributed by atoms with Crippen LogP contribution in [0.5, 0.6) is 5.75 Å². The fourth-order valence-electron chi connectivity index (χ4n) is 5.33. The maximum absolute atomic E-state index is 13.9. The standard InChI is InChI=1S/C26H28N2O6S/c1-12-10-17-18(11-13(12)2)34-22-19(21(17)29)20(15-6-8-16(32-4)9-7-15)28(24(22)30)26-27-14(3)23(35-26)25(31)33-5/h6-9,12-13,17-18,20H,10-11H2,1-5H3. The fourth-order valence-corrected chi connectivity index (χ4v) is 6.34. The number of Topliss-reactive ketones (excluding diaryl/α,β-unsaturated/α-hetero) is 1. The third kappa shape index (κ3) is 3.73. The molecule has 1 aromatic carbocycles. The van der Waals surface area contributed by atoms with Crippen LogP contribution in [0.3, 0.4) is 0 Å². The fraction of sp³-hybridized carbons (Fsp3) is 0.462. The third-order valence-electron chi connectivity index (χ3n) is 7.50. The molecule has 3 aliphatic rings. The van der Waals surface area contributed by atoms with Crippen LogP contribution in [0, 0.1) is 24.7 Å². The van der Waals surface area contributed by atoms with Crippen molar-refractivity contribution in [1.29, 1.82) is 0 Å². The minimum atomic E-state index is -0.706. The largest absolute Gasteiger partial charge is 0.497 e. The SMILES string of the molecule is COC(=O)c1sc(N2C(=O)C3=C(C(=O)C4CC(C)C(C)CC4O3)C2c2ccc(OC)cc2)nc1C. The molecule has 35 heavy (non-hydrogen) atoms. The van der Waals surface area contributed by atoms with Crippen molar-refractivity contribution in [2.75, 3.05) is 19.1 Å². The Bertz CT molecular complexity index is 1230. The van der Waals surface area contributed by atoms with Crippen LogP contribution < -0.4 is 9.64 Å². The van der Waals surface area contributed by atoms with Gasteiger partial charge in [-0.2, -0.15) is 0 Å². The molecule has 9 heteroatoms. The van der Waals surface area contributed by atoms with Crippen LogP contribution in [0.15, 0.2) is 35.6 Å². The summed E-state index contributed by atoms with van der Waals surface area (Å²) in [6.45, 7) is 6.02. The van der Waals surface area contributed by atoms with Crippen LogP contribution >= 0.6 is 11.3 Å². The van der Waals surface area contributed by atoms with Gasteiger partial charge in [0.25, 0.3) is 5.91 Å². The highest BCUT2D eigenvalue weighted by Gasteiger charge is 2.54. The van der Waals surface area contributed by atoms with E-state index in [0.29, 0.717) is 38.9 Å². The number of aryl methyl sites for hydroxylation is 1. The normalized spacial score (nSPS) is 27.9. The van der Waals surface area contributed by atoms with E-state index in [-0.39, 0.29) is 23.6 Å². The predicted molar refractivity (Wildman–Crippen MR) is 129 cm³/mol. The van der Waals surface area contributed by atoms with E-state index >= 15 is 0 Å². The Kier molecular flexibility index (Phi) is 5.91. The molecule has 0 spiro atoms. The van der Waals surface area contributed by atoms with Gasteiger partial charge >= 0.3 is 5.97 Å². The molecule has 0 N–H and O–H groups in total. The number of rotatable bonds is 4. The van der Waals surface area contributed by atoms with Gasteiger partial charge in [0.05, 0.1) is 37.4 Å². The van der Waals surface area contributed by atoms with Crippen molar-refractivity contribution in [3.63, 3.8) is 0 Å². The maximum Gasteiger partial charge on any atom is 0.350 e. The summed E-state index contributed by atoms with van der Waals surface area (Å²) in [4.78, 5) is 46.3. The number of fused-ring (bicyclic) bond motifs is 1. The number of ketones is 1. The van der Waals surface area contributed by atoms with Crippen LogP contribution in [-0.4, -0.2) is 43.0 Å². The number of amides is 1. The molecule has 2 aliphatic heterocycles. The second-order valence-electron chi connectivity index (χ2n) is 9.55. The van der Waals surface area contributed by atoms with Crippen molar-refractivity contribution in [3.8, 4) is 5.75 Å². The number of hydrogen-bond donors (Lipinski definition) is 0. The van der Waals surface area contributed by atoms with E-state index in [1.54, 1.807) is 26.2 Å². The Morgan fingerprint density at radius 1 is 1.11 bits per heavy atom. The summed E-state index contributed by atoms with van der Waals surface area (Å²) in [6, 6.07) is 6.57. The van der Waals surface area contributed by atoms with Crippen molar-refractivity contribution < 1.29 is 28.6 Å². The maximum atomic E-state index is 13.9. The zero-order chi connectivity index (χ0) is 25.0. The van der Waals surface area contributed by atoms with Crippen LogP contribution in [0.1, 0.15) is 53.7 Å². The van der Waals surface area contributed by atoms with Gasteiger partial charge in [0.2, 0.25) is 0 Å².